The third-order valence-corrected chi connectivity index (χ3v) is 4.12. The van der Waals surface area contributed by atoms with Crippen LogP contribution in [0.2, 0.25) is 0 Å². The van der Waals surface area contributed by atoms with Gasteiger partial charge in [-0.3, -0.25) is 4.79 Å². The molecule has 0 fully saturated rings. The van der Waals surface area contributed by atoms with Crippen molar-refractivity contribution in [3.05, 3.63) is 60.0 Å². The Balaban J connectivity index is 1.80. The Kier molecular flexibility index (Phi) is 6.13. The van der Waals surface area contributed by atoms with E-state index in [0.717, 1.165) is 11.4 Å². The van der Waals surface area contributed by atoms with Gasteiger partial charge in [0.1, 0.15) is 12.1 Å². The number of amides is 1. The summed E-state index contributed by atoms with van der Waals surface area (Å²) >= 11 is 0. The van der Waals surface area contributed by atoms with Gasteiger partial charge in [-0.25, -0.2) is 9.97 Å². The molecule has 8 heteroatoms. The van der Waals surface area contributed by atoms with Crippen molar-refractivity contribution in [2.75, 3.05) is 32.0 Å². The van der Waals surface area contributed by atoms with E-state index in [-0.39, 0.29) is 5.91 Å². The number of anilines is 3. The number of benzene rings is 2. The fourth-order valence-corrected chi connectivity index (χ4v) is 2.76. The highest BCUT2D eigenvalue weighted by Gasteiger charge is 2.17. The van der Waals surface area contributed by atoms with Crippen molar-refractivity contribution in [1.29, 1.82) is 0 Å². The van der Waals surface area contributed by atoms with Crippen molar-refractivity contribution in [2.45, 2.75) is 6.92 Å². The lowest BCUT2D eigenvalue weighted by atomic mass is 10.1. The molecule has 3 rings (SSSR count). The number of aryl methyl sites for hydroxylation is 1. The van der Waals surface area contributed by atoms with Crippen LogP contribution < -0.4 is 24.8 Å². The average molecular weight is 394 g/mol. The Labute approximate surface area is 168 Å². The molecule has 1 aromatic heterocycles. The first kappa shape index (κ1) is 19.9. The molecule has 0 aliphatic rings. The van der Waals surface area contributed by atoms with Gasteiger partial charge >= 0.3 is 0 Å². The maximum absolute atomic E-state index is 12.8. The number of hydrogen-bond acceptors (Lipinski definition) is 7. The first-order valence-corrected chi connectivity index (χ1v) is 8.81. The molecule has 0 aliphatic carbocycles. The standard InChI is InChI=1S/C21H22N4O4/c1-13-8-19(23-12-22-13)24-15-6-5-7-16(11-15)25-21(26)14-9-17(27-2)20(29-4)18(10-14)28-3/h5-12H,1-4H3,(H,25,26)(H,22,23,24). The second-order valence-electron chi connectivity index (χ2n) is 6.12. The summed E-state index contributed by atoms with van der Waals surface area (Å²) in [7, 11) is 4.52. The first-order chi connectivity index (χ1) is 14.0. The summed E-state index contributed by atoms with van der Waals surface area (Å²) in [6.45, 7) is 1.89. The van der Waals surface area contributed by atoms with E-state index in [2.05, 4.69) is 20.6 Å². The van der Waals surface area contributed by atoms with E-state index in [0.29, 0.717) is 34.3 Å². The quantitative estimate of drug-likeness (QED) is 0.629. The van der Waals surface area contributed by atoms with Crippen molar-refractivity contribution in [1.82, 2.24) is 9.97 Å². The minimum atomic E-state index is -0.306. The summed E-state index contributed by atoms with van der Waals surface area (Å²) in [5.74, 6) is 1.61. The average Bonchev–Trinajstić information content (AvgIpc) is 2.72. The second-order valence-corrected chi connectivity index (χ2v) is 6.12. The number of rotatable bonds is 7. The van der Waals surface area contributed by atoms with E-state index in [1.165, 1.54) is 27.7 Å². The third kappa shape index (κ3) is 4.73. The van der Waals surface area contributed by atoms with Crippen molar-refractivity contribution in [3.8, 4) is 17.2 Å². The van der Waals surface area contributed by atoms with Gasteiger partial charge in [-0.15, -0.1) is 0 Å². The Morgan fingerprint density at radius 1 is 0.897 bits per heavy atom. The van der Waals surface area contributed by atoms with Gasteiger partial charge in [-0.05, 0) is 37.3 Å². The number of carbonyl (C=O) groups is 1. The summed E-state index contributed by atoms with van der Waals surface area (Å²) in [5.41, 5.74) is 2.64. The van der Waals surface area contributed by atoms with Crippen LogP contribution >= 0.6 is 0 Å². The molecule has 0 radical (unpaired) electrons. The van der Waals surface area contributed by atoms with Gasteiger partial charge in [0.05, 0.1) is 21.3 Å². The monoisotopic (exact) mass is 394 g/mol. The minimum absolute atomic E-state index is 0.306. The van der Waals surface area contributed by atoms with Gasteiger partial charge in [-0.2, -0.15) is 0 Å². The van der Waals surface area contributed by atoms with Gasteiger partial charge < -0.3 is 24.8 Å². The lowest BCUT2D eigenvalue weighted by Crippen LogP contribution is -2.12. The van der Waals surface area contributed by atoms with E-state index < -0.39 is 0 Å². The molecule has 29 heavy (non-hydrogen) atoms. The smallest absolute Gasteiger partial charge is 0.255 e. The van der Waals surface area contributed by atoms with E-state index in [1.54, 1.807) is 18.2 Å². The predicted octanol–water partition coefficient (Wildman–Crippen LogP) is 3.81. The van der Waals surface area contributed by atoms with Crippen molar-refractivity contribution in [2.24, 2.45) is 0 Å². The topological polar surface area (TPSA) is 94.6 Å². The second kappa shape index (κ2) is 8.92. The van der Waals surface area contributed by atoms with Gasteiger partial charge in [0.2, 0.25) is 5.75 Å². The van der Waals surface area contributed by atoms with Crippen LogP contribution in [0.1, 0.15) is 16.1 Å². The molecule has 150 valence electrons. The molecule has 0 unspecified atom stereocenters. The summed E-state index contributed by atoms with van der Waals surface area (Å²) in [4.78, 5) is 21.0. The summed E-state index contributed by atoms with van der Waals surface area (Å²) in [6.07, 6.45) is 1.49. The summed E-state index contributed by atoms with van der Waals surface area (Å²) in [5, 5.41) is 6.06. The van der Waals surface area contributed by atoms with Crippen LogP contribution in [0.3, 0.4) is 0 Å². The van der Waals surface area contributed by atoms with E-state index in [9.17, 15) is 4.79 Å². The molecule has 8 nitrogen and oxygen atoms in total. The number of ether oxygens (including phenoxy) is 3. The molecule has 0 bridgehead atoms. The molecule has 2 N–H and O–H groups in total. The summed E-state index contributed by atoms with van der Waals surface area (Å²) in [6, 6.07) is 12.4. The highest BCUT2D eigenvalue weighted by molar-refractivity contribution is 6.05. The van der Waals surface area contributed by atoms with E-state index in [4.69, 9.17) is 14.2 Å². The Bertz CT molecular complexity index is 998. The molecule has 0 saturated carbocycles. The molecule has 1 heterocycles. The molecular weight excluding hydrogens is 372 g/mol. The van der Waals surface area contributed by atoms with Crippen molar-refractivity contribution < 1.29 is 19.0 Å². The highest BCUT2D eigenvalue weighted by Crippen LogP contribution is 2.38. The van der Waals surface area contributed by atoms with Crippen molar-refractivity contribution >= 4 is 23.1 Å². The van der Waals surface area contributed by atoms with Gasteiger partial charge in [0, 0.05) is 28.7 Å². The lowest BCUT2D eigenvalue weighted by Gasteiger charge is -2.14. The molecule has 0 aliphatic heterocycles. The number of carbonyl (C=O) groups excluding carboxylic acids is 1. The fraction of sp³-hybridized carbons (Fsp3) is 0.190. The van der Waals surface area contributed by atoms with Crippen LogP contribution in [0.4, 0.5) is 17.2 Å². The number of methoxy groups -OCH3 is 3. The molecule has 3 aromatic rings. The Morgan fingerprint density at radius 3 is 2.21 bits per heavy atom. The van der Waals surface area contributed by atoms with Gasteiger partial charge in [0.25, 0.3) is 5.91 Å². The van der Waals surface area contributed by atoms with Crippen LogP contribution in [-0.2, 0) is 0 Å². The zero-order valence-corrected chi connectivity index (χ0v) is 16.6. The predicted molar refractivity (Wildman–Crippen MR) is 111 cm³/mol. The molecule has 2 aromatic carbocycles. The molecule has 0 saturated heterocycles. The maximum atomic E-state index is 12.8. The van der Waals surface area contributed by atoms with Gasteiger partial charge in [-0.1, -0.05) is 6.07 Å². The molecule has 0 atom stereocenters. The third-order valence-electron chi connectivity index (χ3n) is 4.12. The van der Waals surface area contributed by atoms with Crippen LogP contribution in [0.15, 0.2) is 48.8 Å². The largest absolute Gasteiger partial charge is 0.493 e. The fourth-order valence-electron chi connectivity index (χ4n) is 2.76. The van der Waals surface area contributed by atoms with Crippen LogP contribution in [0.5, 0.6) is 17.2 Å². The zero-order chi connectivity index (χ0) is 20.8. The van der Waals surface area contributed by atoms with Crippen LogP contribution in [0, 0.1) is 6.92 Å². The van der Waals surface area contributed by atoms with Crippen molar-refractivity contribution in [3.63, 3.8) is 0 Å². The minimum Gasteiger partial charge on any atom is -0.493 e. The first-order valence-electron chi connectivity index (χ1n) is 8.81. The normalized spacial score (nSPS) is 10.2. The molecular formula is C21H22N4O4. The van der Waals surface area contributed by atoms with E-state index in [1.807, 2.05) is 31.2 Å². The van der Waals surface area contributed by atoms with Gasteiger partial charge in [0.15, 0.2) is 11.5 Å². The maximum Gasteiger partial charge on any atom is 0.255 e. The molecule has 1 amide bonds. The van der Waals surface area contributed by atoms with E-state index >= 15 is 0 Å². The van der Waals surface area contributed by atoms with Crippen LogP contribution in [-0.4, -0.2) is 37.2 Å². The zero-order valence-electron chi connectivity index (χ0n) is 16.6. The highest BCUT2D eigenvalue weighted by atomic mass is 16.5. The molecule has 0 spiro atoms. The SMILES string of the molecule is COc1cc(C(=O)Nc2cccc(Nc3cc(C)ncn3)c2)cc(OC)c1OC. The Morgan fingerprint density at radius 2 is 1.59 bits per heavy atom. The Hall–Kier alpha value is -3.81. The number of nitrogens with zero attached hydrogens (tertiary/aromatic N) is 2. The van der Waals surface area contributed by atoms with Crippen LogP contribution in [0.25, 0.3) is 0 Å². The summed E-state index contributed by atoms with van der Waals surface area (Å²) < 4.78 is 15.9. The number of nitrogens with one attached hydrogen (secondary N) is 2. The lowest BCUT2D eigenvalue weighted by molar-refractivity contribution is 0.102. The number of hydrogen-bond donors (Lipinski definition) is 2. The number of aromatic nitrogens is 2.